The minimum absolute atomic E-state index is 0.0523. The van der Waals surface area contributed by atoms with Crippen LogP contribution in [0.3, 0.4) is 0 Å². The van der Waals surface area contributed by atoms with Crippen molar-refractivity contribution in [1.29, 1.82) is 0 Å². The third-order valence-corrected chi connectivity index (χ3v) is 6.12. The Bertz CT molecular complexity index is 1060. The highest BCUT2D eigenvalue weighted by atomic mass is 32.1. The number of benzene rings is 2. The van der Waals surface area contributed by atoms with Crippen molar-refractivity contribution in [2.45, 2.75) is 20.0 Å². The lowest BCUT2D eigenvalue weighted by atomic mass is 10.2. The first-order valence-electron chi connectivity index (χ1n) is 10.8. The summed E-state index contributed by atoms with van der Waals surface area (Å²) in [7, 11) is 0. The molecular formula is C25H27N3O3S. The van der Waals surface area contributed by atoms with Crippen LogP contribution in [-0.4, -0.2) is 49.0 Å². The van der Waals surface area contributed by atoms with Crippen LogP contribution in [0.2, 0.25) is 0 Å². The topological polar surface area (TPSA) is 61.9 Å². The molecule has 1 aliphatic rings. The van der Waals surface area contributed by atoms with Crippen LogP contribution in [0.1, 0.15) is 33.9 Å². The first kappa shape index (κ1) is 21.9. The summed E-state index contributed by atoms with van der Waals surface area (Å²) in [6.45, 7) is 6.87. The van der Waals surface area contributed by atoms with E-state index in [1.165, 1.54) is 11.3 Å². The summed E-state index contributed by atoms with van der Waals surface area (Å²) in [5, 5.41) is 4.87. The van der Waals surface area contributed by atoms with Crippen molar-refractivity contribution in [3.63, 3.8) is 0 Å². The maximum Gasteiger partial charge on any atom is 0.264 e. The zero-order valence-electron chi connectivity index (χ0n) is 18.3. The summed E-state index contributed by atoms with van der Waals surface area (Å²) in [6, 6.07) is 18.8. The second-order valence-electron chi connectivity index (χ2n) is 7.95. The number of anilines is 2. The summed E-state index contributed by atoms with van der Waals surface area (Å²) in [6.07, 6.45) is 0.0523. The Morgan fingerprint density at radius 3 is 2.38 bits per heavy atom. The van der Waals surface area contributed by atoms with Gasteiger partial charge < -0.3 is 19.9 Å². The van der Waals surface area contributed by atoms with Gasteiger partial charge in [-0.25, -0.2) is 0 Å². The number of thiophene rings is 1. The first-order chi connectivity index (χ1) is 15.5. The molecule has 7 heteroatoms. The molecule has 1 fully saturated rings. The van der Waals surface area contributed by atoms with Crippen molar-refractivity contribution in [3.8, 4) is 5.75 Å². The fraction of sp³-hybridized carbons (Fsp3) is 0.280. The number of carbonyl (C=O) groups is 2. The fourth-order valence-corrected chi connectivity index (χ4v) is 4.36. The number of hydrogen-bond donors (Lipinski definition) is 1. The van der Waals surface area contributed by atoms with E-state index in [2.05, 4.69) is 10.2 Å². The molecule has 2 aromatic carbocycles. The summed E-state index contributed by atoms with van der Waals surface area (Å²) < 4.78 is 5.67. The first-order valence-corrected chi connectivity index (χ1v) is 11.6. The summed E-state index contributed by atoms with van der Waals surface area (Å²) in [4.78, 5) is 30.1. The average Bonchev–Trinajstić information content (AvgIpc) is 3.34. The second-order valence-corrected chi connectivity index (χ2v) is 8.90. The number of hydrogen-bond acceptors (Lipinski definition) is 5. The molecule has 0 radical (unpaired) electrons. The van der Waals surface area contributed by atoms with Gasteiger partial charge in [-0.3, -0.25) is 9.59 Å². The Hall–Kier alpha value is -3.32. The molecule has 2 heterocycles. The van der Waals surface area contributed by atoms with Crippen molar-refractivity contribution in [2.75, 3.05) is 36.4 Å². The van der Waals surface area contributed by atoms with Crippen LogP contribution in [0, 0.1) is 0 Å². The van der Waals surface area contributed by atoms with Gasteiger partial charge in [0.1, 0.15) is 5.75 Å². The molecule has 166 valence electrons. The van der Waals surface area contributed by atoms with Gasteiger partial charge in [0.25, 0.3) is 11.8 Å². The second kappa shape index (κ2) is 9.87. The van der Waals surface area contributed by atoms with Gasteiger partial charge in [0, 0.05) is 43.1 Å². The highest BCUT2D eigenvalue weighted by Gasteiger charge is 2.22. The Morgan fingerprint density at radius 1 is 0.969 bits per heavy atom. The molecule has 0 spiro atoms. The van der Waals surface area contributed by atoms with Crippen molar-refractivity contribution >= 4 is 34.5 Å². The van der Waals surface area contributed by atoms with E-state index < -0.39 is 0 Å². The lowest BCUT2D eigenvalue weighted by Gasteiger charge is -2.36. The molecule has 1 N–H and O–H groups in total. The van der Waals surface area contributed by atoms with Crippen LogP contribution in [0.5, 0.6) is 5.75 Å². The molecule has 1 aromatic heterocycles. The highest BCUT2D eigenvalue weighted by Crippen LogP contribution is 2.22. The van der Waals surface area contributed by atoms with Crippen LogP contribution in [-0.2, 0) is 0 Å². The lowest BCUT2D eigenvalue weighted by molar-refractivity contribution is 0.0751. The lowest BCUT2D eigenvalue weighted by Crippen LogP contribution is -2.48. The maximum absolute atomic E-state index is 12.6. The summed E-state index contributed by atoms with van der Waals surface area (Å²) in [5.41, 5.74) is 2.37. The van der Waals surface area contributed by atoms with E-state index in [9.17, 15) is 9.59 Å². The van der Waals surface area contributed by atoms with E-state index in [0.717, 1.165) is 29.3 Å². The predicted molar refractivity (Wildman–Crippen MR) is 129 cm³/mol. The van der Waals surface area contributed by atoms with E-state index in [1.54, 1.807) is 12.1 Å². The number of nitrogens with one attached hydrogen (secondary N) is 1. The molecule has 0 unspecified atom stereocenters. The van der Waals surface area contributed by atoms with E-state index in [0.29, 0.717) is 24.4 Å². The van der Waals surface area contributed by atoms with Gasteiger partial charge in [-0.2, -0.15) is 0 Å². The molecule has 0 saturated carbocycles. The number of rotatable bonds is 6. The molecule has 0 atom stereocenters. The number of amides is 2. The van der Waals surface area contributed by atoms with E-state index in [1.807, 2.05) is 72.7 Å². The highest BCUT2D eigenvalue weighted by molar-refractivity contribution is 7.12. The Balaban J connectivity index is 1.33. The number of carbonyl (C=O) groups excluding carboxylic acids is 2. The Kier molecular flexibility index (Phi) is 6.75. The molecule has 1 saturated heterocycles. The molecule has 32 heavy (non-hydrogen) atoms. The van der Waals surface area contributed by atoms with Gasteiger partial charge in [-0.1, -0.05) is 12.1 Å². The summed E-state index contributed by atoms with van der Waals surface area (Å²) >= 11 is 1.48. The smallest absolute Gasteiger partial charge is 0.264 e. The van der Waals surface area contributed by atoms with Crippen LogP contribution >= 0.6 is 11.3 Å². The molecule has 3 aromatic rings. The largest absolute Gasteiger partial charge is 0.491 e. The molecule has 0 bridgehead atoms. The van der Waals surface area contributed by atoms with E-state index in [4.69, 9.17) is 4.74 Å². The monoisotopic (exact) mass is 449 g/mol. The van der Waals surface area contributed by atoms with Gasteiger partial charge in [-0.15, -0.1) is 11.3 Å². The third kappa shape index (κ3) is 5.29. The number of nitrogens with zero attached hydrogens (tertiary/aromatic N) is 2. The molecule has 1 aliphatic heterocycles. The molecule has 6 nitrogen and oxygen atoms in total. The fourth-order valence-electron chi connectivity index (χ4n) is 3.67. The Labute approximate surface area is 192 Å². The maximum atomic E-state index is 12.6. The minimum atomic E-state index is -0.173. The van der Waals surface area contributed by atoms with Crippen LogP contribution < -0.4 is 15.0 Å². The van der Waals surface area contributed by atoms with Crippen molar-refractivity contribution in [3.05, 3.63) is 76.5 Å². The van der Waals surface area contributed by atoms with Gasteiger partial charge in [-0.05, 0) is 67.8 Å². The molecule has 2 amide bonds. The standard InChI is InChI=1S/C25H27N3O3S/c1-18(2)31-22-6-3-5-19(17-22)24(29)26-20-8-10-21(11-9-20)27-12-14-28(15-13-27)25(30)23-7-4-16-32-23/h3-11,16-18H,12-15H2,1-2H3,(H,26,29). The predicted octanol–water partition coefficient (Wildman–Crippen LogP) is 4.75. The number of ether oxygens (including phenoxy) is 1. The van der Waals surface area contributed by atoms with Gasteiger partial charge in [0.05, 0.1) is 11.0 Å². The minimum Gasteiger partial charge on any atom is -0.491 e. The third-order valence-electron chi connectivity index (χ3n) is 5.26. The van der Waals surface area contributed by atoms with Gasteiger partial charge >= 0.3 is 0 Å². The van der Waals surface area contributed by atoms with Gasteiger partial charge in [0.15, 0.2) is 0 Å². The van der Waals surface area contributed by atoms with Crippen molar-refractivity contribution < 1.29 is 14.3 Å². The molecule has 0 aliphatic carbocycles. The van der Waals surface area contributed by atoms with Crippen LogP contribution in [0.25, 0.3) is 0 Å². The number of piperazine rings is 1. The quantitative estimate of drug-likeness (QED) is 0.590. The Morgan fingerprint density at radius 2 is 1.72 bits per heavy atom. The summed E-state index contributed by atoms with van der Waals surface area (Å²) in [5.74, 6) is 0.618. The van der Waals surface area contributed by atoms with Crippen LogP contribution in [0.15, 0.2) is 66.0 Å². The zero-order chi connectivity index (χ0) is 22.5. The van der Waals surface area contributed by atoms with Gasteiger partial charge in [0.2, 0.25) is 0 Å². The molecule has 4 rings (SSSR count). The van der Waals surface area contributed by atoms with Crippen molar-refractivity contribution in [1.82, 2.24) is 4.90 Å². The zero-order valence-corrected chi connectivity index (χ0v) is 19.1. The van der Waals surface area contributed by atoms with Crippen LogP contribution in [0.4, 0.5) is 11.4 Å². The van der Waals surface area contributed by atoms with Crippen molar-refractivity contribution in [2.24, 2.45) is 0 Å². The van der Waals surface area contributed by atoms with E-state index in [-0.39, 0.29) is 17.9 Å². The average molecular weight is 450 g/mol. The normalized spacial score (nSPS) is 13.8. The SMILES string of the molecule is CC(C)Oc1cccc(C(=O)Nc2ccc(N3CCN(C(=O)c4cccs4)CC3)cc2)c1. The molecular weight excluding hydrogens is 422 g/mol. The van der Waals surface area contributed by atoms with E-state index >= 15 is 0 Å².